The number of carbonyl (C=O) groups is 1. The predicted octanol–water partition coefficient (Wildman–Crippen LogP) is 2.62. The van der Waals surface area contributed by atoms with Crippen molar-refractivity contribution in [3.63, 3.8) is 0 Å². The Morgan fingerprint density at radius 1 is 1.32 bits per heavy atom. The van der Waals surface area contributed by atoms with Gasteiger partial charge in [-0.3, -0.25) is 10.00 Å². The Hall–Kier alpha value is -2.89. The second-order valence-electron chi connectivity index (χ2n) is 4.90. The fraction of sp³-hybridized carbons (Fsp3) is 0.188. The van der Waals surface area contributed by atoms with Crippen LogP contribution in [0.1, 0.15) is 12.5 Å². The smallest absolute Gasteiger partial charge is 0.320 e. The first kappa shape index (κ1) is 14.1. The van der Waals surface area contributed by atoms with Crippen LogP contribution in [0.3, 0.4) is 0 Å². The van der Waals surface area contributed by atoms with Crippen molar-refractivity contribution >= 4 is 22.6 Å². The van der Waals surface area contributed by atoms with Gasteiger partial charge >= 0.3 is 6.03 Å². The average molecular weight is 295 g/mol. The third-order valence-electron chi connectivity index (χ3n) is 3.33. The minimum absolute atomic E-state index is 0.248. The highest BCUT2D eigenvalue weighted by Gasteiger charge is 2.06. The van der Waals surface area contributed by atoms with Gasteiger partial charge in [0.1, 0.15) is 5.82 Å². The molecule has 0 radical (unpaired) electrons. The van der Waals surface area contributed by atoms with Crippen LogP contribution in [-0.4, -0.2) is 27.3 Å². The van der Waals surface area contributed by atoms with Gasteiger partial charge in [-0.2, -0.15) is 5.10 Å². The molecule has 0 saturated carbocycles. The summed E-state index contributed by atoms with van der Waals surface area (Å²) in [4.78, 5) is 15.9. The first-order valence-electron chi connectivity index (χ1n) is 7.16. The number of amides is 2. The molecule has 1 aromatic carbocycles. The van der Waals surface area contributed by atoms with E-state index >= 15 is 0 Å². The van der Waals surface area contributed by atoms with Crippen LogP contribution in [0.2, 0.25) is 0 Å². The monoisotopic (exact) mass is 295 g/mol. The molecule has 0 aliphatic carbocycles. The largest absolute Gasteiger partial charge is 0.338 e. The number of hydrogen-bond donors (Lipinski definition) is 2. The quantitative estimate of drug-likeness (QED) is 0.777. The molecule has 22 heavy (non-hydrogen) atoms. The van der Waals surface area contributed by atoms with Crippen molar-refractivity contribution in [3.05, 3.63) is 54.5 Å². The molecule has 0 atom stereocenters. The Bertz CT molecular complexity index is 782. The van der Waals surface area contributed by atoms with Crippen molar-refractivity contribution in [1.29, 1.82) is 0 Å². The van der Waals surface area contributed by atoms with Crippen molar-refractivity contribution in [3.8, 4) is 0 Å². The molecule has 2 amide bonds. The second kappa shape index (κ2) is 6.26. The summed E-state index contributed by atoms with van der Waals surface area (Å²) in [7, 11) is 0. The van der Waals surface area contributed by atoms with E-state index in [0.29, 0.717) is 18.9 Å². The van der Waals surface area contributed by atoms with E-state index < -0.39 is 0 Å². The number of nitrogens with zero attached hydrogens (tertiary/aromatic N) is 3. The van der Waals surface area contributed by atoms with Crippen LogP contribution in [0, 0.1) is 0 Å². The number of hydrogen-bond acceptors (Lipinski definition) is 3. The van der Waals surface area contributed by atoms with Crippen LogP contribution in [-0.2, 0) is 6.54 Å². The Kier molecular flexibility index (Phi) is 4.00. The molecule has 2 heterocycles. The number of anilines is 1. The molecule has 0 spiro atoms. The number of benzene rings is 1. The number of pyridine rings is 1. The topological polar surface area (TPSA) is 71.8 Å². The van der Waals surface area contributed by atoms with Crippen LogP contribution in [0.4, 0.5) is 10.6 Å². The highest BCUT2D eigenvalue weighted by molar-refractivity contribution is 5.92. The lowest BCUT2D eigenvalue weighted by Crippen LogP contribution is -2.28. The van der Waals surface area contributed by atoms with Crippen LogP contribution in [0.5, 0.6) is 0 Å². The van der Waals surface area contributed by atoms with Crippen LogP contribution >= 0.6 is 0 Å². The van der Waals surface area contributed by atoms with E-state index in [4.69, 9.17) is 0 Å². The summed E-state index contributed by atoms with van der Waals surface area (Å²) >= 11 is 0. The van der Waals surface area contributed by atoms with Gasteiger partial charge in [-0.05, 0) is 30.0 Å². The Labute approximate surface area is 128 Å². The molecule has 6 heteroatoms. The summed E-state index contributed by atoms with van der Waals surface area (Å²) in [6.45, 7) is 3.14. The number of carbonyl (C=O) groups excluding carboxylic acids is 1. The number of urea groups is 1. The van der Waals surface area contributed by atoms with Gasteiger partial charge in [-0.25, -0.2) is 9.78 Å². The van der Waals surface area contributed by atoms with Crippen molar-refractivity contribution in [2.45, 2.75) is 13.5 Å². The third-order valence-corrected chi connectivity index (χ3v) is 3.33. The zero-order valence-corrected chi connectivity index (χ0v) is 12.3. The zero-order valence-electron chi connectivity index (χ0n) is 12.3. The SMILES string of the molecule is CCNC(=O)Nc1cc2cccc(Cn3cccn3)c2cn1. The van der Waals surface area contributed by atoms with Crippen molar-refractivity contribution < 1.29 is 4.79 Å². The molecule has 6 nitrogen and oxygen atoms in total. The Balaban J connectivity index is 1.88. The number of rotatable bonds is 4. The third kappa shape index (κ3) is 3.06. The molecular formula is C16H17N5O. The maximum absolute atomic E-state index is 11.6. The highest BCUT2D eigenvalue weighted by Crippen LogP contribution is 2.21. The Morgan fingerprint density at radius 2 is 2.23 bits per heavy atom. The van der Waals surface area contributed by atoms with Gasteiger partial charge in [0.15, 0.2) is 0 Å². The van der Waals surface area contributed by atoms with E-state index in [1.165, 1.54) is 0 Å². The van der Waals surface area contributed by atoms with Gasteiger partial charge < -0.3 is 5.32 Å². The lowest BCUT2D eigenvalue weighted by molar-refractivity contribution is 0.252. The van der Waals surface area contributed by atoms with Gasteiger partial charge in [0.25, 0.3) is 0 Å². The minimum atomic E-state index is -0.248. The summed E-state index contributed by atoms with van der Waals surface area (Å²) in [6.07, 6.45) is 5.48. The van der Waals surface area contributed by atoms with Crippen LogP contribution in [0.15, 0.2) is 48.9 Å². The van der Waals surface area contributed by atoms with Gasteiger partial charge in [0, 0.05) is 30.5 Å². The lowest BCUT2D eigenvalue weighted by atomic mass is 10.1. The van der Waals surface area contributed by atoms with E-state index in [1.807, 2.05) is 42.1 Å². The average Bonchev–Trinajstić information content (AvgIpc) is 3.00. The molecule has 0 fully saturated rings. The summed E-state index contributed by atoms with van der Waals surface area (Å²) in [5.74, 6) is 0.537. The standard InChI is InChI=1S/C16H17N5O/c1-2-17-16(22)20-15-9-12-5-3-6-13(14(12)10-18-15)11-21-8-4-7-19-21/h3-10H,2,11H2,1H3,(H2,17,18,20,22). The summed E-state index contributed by atoms with van der Waals surface area (Å²) in [5, 5.41) is 11.7. The molecular weight excluding hydrogens is 278 g/mol. The van der Waals surface area contributed by atoms with E-state index in [-0.39, 0.29) is 6.03 Å². The summed E-state index contributed by atoms with van der Waals surface area (Å²) in [6, 6.07) is 9.59. The number of fused-ring (bicyclic) bond motifs is 1. The molecule has 0 aliphatic heterocycles. The van der Waals surface area contributed by atoms with Crippen LogP contribution in [0.25, 0.3) is 10.8 Å². The molecule has 3 aromatic rings. The van der Waals surface area contributed by atoms with Crippen LogP contribution < -0.4 is 10.6 Å². The first-order chi connectivity index (χ1) is 10.8. The van der Waals surface area contributed by atoms with Crippen molar-refractivity contribution in [2.75, 3.05) is 11.9 Å². The second-order valence-corrected chi connectivity index (χ2v) is 4.90. The maximum Gasteiger partial charge on any atom is 0.320 e. The molecule has 2 N–H and O–H groups in total. The van der Waals surface area contributed by atoms with Gasteiger partial charge in [-0.15, -0.1) is 0 Å². The highest BCUT2D eigenvalue weighted by atomic mass is 16.2. The lowest BCUT2D eigenvalue weighted by Gasteiger charge is -2.09. The normalized spacial score (nSPS) is 10.6. The molecule has 3 rings (SSSR count). The zero-order chi connectivity index (χ0) is 15.4. The van der Waals surface area contributed by atoms with E-state index in [1.54, 1.807) is 12.4 Å². The van der Waals surface area contributed by atoms with Crippen molar-refractivity contribution in [1.82, 2.24) is 20.1 Å². The minimum Gasteiger partial charge on any atom is -0.338 e. The number of nitrogens with one attached hydrogen (secondary N) is 2. The van der Waals surface area contributed by atoms with Gasteiger partial charge in [-0.1, -0.05) is 18.2 Å². The fourth-order valence-corrected chi connectivity index (χ4v) is 2.33. The van der Waals surface area contributed by atoms with Crippen molar-refractivity contribution in [2.24, 2.45) is 0 Å². The fourth-order valence-electron chi connectivity index (χ4n) is 2.33. The Morgan fingerprint density at radius 3 is 3.00 bits per heavy atom. The molecule has 112 valence electrons. The number of aromatic nitrogens is 3. The maximum atomic E-state index is 11.6. The van der Waals surface area contributed by atoms with E-state index in [9.17, 15) is 4.79 Å². The van der Waals surface area contributed by atoms with Gasteiger partial charge in [0.2, 0.25) is 0 Å². The molecule has 0 saturated heterocycles. The van der Waals surface area contributed by atoms with E-state index in [2.05, 4.69) is 26.8 Å². The molecule has 0 bridgehead atoms. The summed E-state index contributed by atoms with van der Waals surface area (Å²) < 4.78 is 1.87. The molecule has 0 aliphatic rings. The molecule has 2 aromatic heterocycles. The summed E-state index contributed by atoms with van der Waals surface area (Å²) in [5.41, 5.74) is 1.14. The predicted molar refractivity (Wildman–Crippen MR) is 85.8 cm³/mol. The van der Waals surface area contributed by atoms with Gasteiger partial charge in [0.05, 0.1) is 6.54 Å². The van der Waals surface area contributed by atoms with E-state index in [0.717, 1.165) is 16.3 Å². The molecule has 0 unspecified atom stereocenters. The first-order valence-corrected chi connectivity index (χ1v) is 7.16.